The Morgan fingerprint density at radius 3 is 2.33 bits per heavy atom. The highest BCUT2D eigenvalue weighted by Crippen LogP contribution is 2.62. The van der Waals surface area contributed by atoms with Crippen molar-refractivity contribution in [2.24, 2.45) is 17.3 Å². The largest absolute Gasteiger partial charge is 0.381 e. The minimum absolute atomic E-state index is 0.596. The highest BCUT2D eigenvalue weighted by molar-refractivity contribution is 5.08. The molecule has 0 radical (unpaired) electrons. The summed E-state index contributed by atoms with van der Waals surface area (Å²) in [6, 6.07) is 0. The van der Waals surface area contributed by atoms with Gasteiger partial charge in [-0.3, -0.25) is 0 Å². The summed E-state index contributed by atoms with van der Waals surface area (Å²) in [5.41, 5.74) is 0.628. The molecule has 2 saturated carbocycles. The highest BCUT2D eigenvalue weighted by atomic mass is 16.5. The second-order valence-electron chi connectivity index (χ2n) is 4.90. The molecule has 1 nitrogen and oxygen atoms in total. The predicted molar refractivity (Wildman–Crippen MR) is 50.0 cm³/mol. The van der Waals surface area contributed by atoms with Gasteiger partial charge in [0.2, 0.25) is 0 Å². The number of rotatable bonds is 2. The van der Waals surface area contributed by atoms with E-state index in [2.05, 4.69) is 13.8 Å². The van der Waals surface area contributed by atoms with Gasteiger partial charge in [0.1, 0.15) is 0 Å². The molecule has 0 aromatic rings. The van der Waals surface area contributed by atoms with Crippen molar-refractivity contribution >= 4 is 0 Å². The minimum atomic E-state index is 0.596. The predicted octanol–water partition coefficient (Wildman–Crippen LogP) is 2.85. The average Bonchev–Trinajstić information content (AvgIpc) is 1.81. The molecule has 1 heteroatoms. The molecule has 2 aliphatic carbocycles. The lowest BCUT2D eigenvalue weighted by Crippen LogP contribution is -2.59. The monoisotopic (exact) mass is 168 g/mol. The van der Waals surface area contributed by atoms with Crippen LogP contribution in [0.3, 0.4) is 0 Å². The van der Waals surface area contributed by atoms with Gasteiger partial charge in [0.25, 0.3) is 0 Å². The van der Waals surface area contributed by atoms with Gasteiger partial charge in [0, 0.05) is 7.11 Å². The van der Waals surface area contributed by atoms with E-state index in [0.29, 0.717) is 11.5 Å². The van der Waals surface area contributed by atoms with Crippen LogP contribution in [0.15, 0.2) is 0 Å². The molecule has 0 aliphatic heterocycles. The minimum Gasteiger partial charge on any atom is -0.381 e. The van der Waals surface area contributed by atoms with Crippen molar-refractivity contribution in [3.63, 3.8) is 0 Å². The quantitative estimate of drug-likeness (QED) is 0.616. The van der Waals surface area contributed by atoms with Gasteiger partial charge in [-0.25, -0.2) is 0 Å². The van der Waals surface area contributed by atoms with Crippen LogP contribution in [-0.2, 0) is 4.74 Å². The van der Waals surface area contributed by atoms with Gasteiger partial charge in [-0.05, 0) is 36.5 Å². The van der Waals surface area contributed by atoms with E-state index in [1.807, 2.05) is 7.11 Å². The average molecular weight is 168 g/mol. The molecule has 70 valence electrons. The van der Waals surface area contributed by atoms with Crippen molar-refractivity contribution in [2.75, 3.05) is 7.11 Å². The summed E-state index contributed by atoms with van der Waals surface area (Å²) in [4.78, 5) is 0. The summed E-state index contributed by atoms with van der Waals surface area (Å²) < 4.78 is 5.52. The van der Waals surface area contributed by atoms with Crippen LogP contribution < -0.4 is 0 Å². The van der Waals surface area contributed by atoms with Crippen molar-refractivity contribution in [3.05, 3.63) is 0 Å². The molecule has 0 bridgehead atoms. The van der Waals surface area contributed by atoms with E-state index in [9.17, 15) is 0 Å². The lowest BCUT2D eigenvalue weighted by molar-refractivity contribution is -0.197. The zero-order valence-electron chi connectivity index (χ0n) is 8.47. The Morgan fingerprint density at radius 1 is 1.33 bits per heavy atom. The fourth-order valence-corrected chi connectivity index (χ4v) is 3.32. The van der Waals surface area contributed by atoms with Crippen molar-refractivity contribution in [2.45, 2.75) is 45.6 Å². The first kappa shape index (κ1) is 8.55. The van der Waals surface area contributed by atoms with Crippen molar-refractivity contribution in [3.8, 4) is 0 Å². The van der Waals surface area contributed by atoms with Gasteiger partial charge in [0.15, 0.2) is 0 Å². The van der Waals surface area contributed by atoms with E-state index in [0.717, 1.165) is 11.8 Å². The second-order valence-corrected chi connectivity index (χ2v) is 4.90. The van der Waals surface area contributed by atoms with E-state index >= 15 is 0 Å². The number of methoxy groups -OCH3 is 1. The van der Waals surface area contributed by atoms with Gasteiger partial charge in [-0.1, -0.05) is 20.3 Å². The van der Waals surface area contributed by atoms with E-state index < -0.39 is 0 Å². The fraction of sp³-hybridized carbons (Fsp3) is 1.00. The van der Waals surface area contributed by atoms with Crippen LogP contribution in [0, 0.1) is 17.3 Å². The first-order chi connectivity index (χ1) is 5.70. The van der Waals surface area contributed by atoms with E-state index in [1.165, 1.54) is 25.7 Å². The van der Waals surface area contributed by atoms with Gasteiger partial charge in [-0.2, -0.15) is 0 Å². The van der Waals surface area contributed by atoms with Gasteiger partial charge >= 0.3 is 0 Å². The smallest absolute Gasteiger partial charge is 0.0633 e. The Labute approximate surface area is 75.5 Å². The molecule has 0 N–H and O–H groups in total. The molecular formula is C11H20O. The summed E-state index contributed by atoms with van der Waals surface area (Å²) >= 11 is 0. The third kappa shape index (κ3) is 0.891. The molecule has 0 aromatic heterocycles. The molecule has 12 heavy (non-hydrogen) atoms. The standard InChI is InChI=1S/C11H20O/c1-8(2)9-7-10(12-3)11(9)5-4-6-11/h8-10H,4-7H2,1-3H3/t9-,10-/m0/s1. The summed E-state index contributed by atoms with van der Waals surface area (Å²) in [6.07, 6.45) is 6.19. The van der Waals surface area contributed by atoms with Gasteiger partial charge in [0.05, 0.1) is 6.10 Å². The second kappa shape index (κ2) is 2.73. The summed E-state index contributed by atoms with van der Waals surface area (Å²) in [6.45, 7) is 4.72. The SMILES string of the molecule is CO[C@H]1C[C@@H](C(C)C)C12CCC2. The fourth-order valence-electron chi connectivity index (χ4n) is 3.32. The Balaban J connectivity index is 2.03. The van der Waals surface area contributed by atoms with Gasteiger partial charge in [-0.15, -0.1) is 0 Å². The Bertz CT molecular complexity index is 170. The molecule has 0 saturated heterocycles. The molecule has 2 fully saturated rings. The first-order valence-electron chi connectivity index (χ1n) is 5.23. The molecule has 0 unspecified atom stereocenters. The molecule has 2 aliphatic rings. The van der Waals surface area contributed by atoms with Crippen molar-refractivity contribution < 1.29 is 4.74 Å². The molecule has 0 amide bonds. The number of hydrogen-bond donors (Lipinski definition) is 0. The molecule has 0 heterocycles. The van der Waals surface area contributed by atoms with Crippen LogP contribution in [-0.4, -0.2) is 13.2 Å². The summed E-state index contributed by atoms with van der Waals surface area (Å²) in [5, 5.41) is 0. The Hall–Kier alpha value is -0.0400. The molecule has 1 spiro atoms. The van der Waals surface area contributed by atoms with Crippen LogP contribution in [0.5, 0.6) is 0 Å². The maximum atomic E-state index is 5.52. The van der Waals surface area contributed by atoms with Crippen molar-refractivity contribution in [1.82, 2.24) is 0 Å². The van der Waals surface area contributed by atoms with Crippen LogP contribution in [0.2, 0.25) is 0 Å². The molecular weight excluding hydrogens is 148 g/mol. The van der Waals surface area contributed by atoms with Crippen LogP contribution >= 0.6 is 0 Å². The maximum absolute atomic E-state index is 5.52. The number of hydrogen-bond acceptors (Lipinski definition) is 1. The zero-order valence-corrected chi connectivity index (χ0v) is 8.47. The van der Waals surface area contributed by atoms with Crippen LogP contribution in [0.25, 0.3) is 0 Å². The summed E-state index contributed by atoms with van der Waals surface area (Å²) in [5.74, 6) is 1.81. The number of ether oxygens (including phenoxy) is 1. The maximum Gasteiger partial charge on any atom is 0.0633 e. The lowest BCUT2D eigenvalue weighted by Gasteiger charge is -2.62. The zero-order chi connectivity index (χ0) is 8.77. The Kier molecular flexibility index (Phi) is 1.95. The highest BCUT2D eigenvalue weighted by Gasteiger charge is 2.58. The molecule has 2 atom stereocenters. The van der Waals surface area contributed by atoms with Crippen LogP contribution in [0.1, 0.15) is 39.5 Å². The normalized spacial score (nSPS) is 38.0. The third-order valence-corrected chi connectivity index (χ3v) is 4.22. The van der Waals surface area contributed by atoms with Crippen molar-refractivity contribution in [1.29, 1.82) is 0 Å². The van der Waals surface area contributed by atoms with Gasteiger partial charge < -0.3 is 4.74 Å². The molecule has 2 rings (SSSR count). The van der Waals surface area contributed by atoms with E-state index in [1.54, 1.807) is 0 Å². The summed E-state index contributed by atoms with van der Waals surface area (Å²) in [7, 11) is 1.88. The van der Waals surface area contributed by atoms with E-state index in [-0.39, 0.29) is 0 Å². The first-order valence-corrected chi connectivity index (χ1v) is 5.23. The molecule has 0 aromatic carbocycles. The van der Waals surface area contributed by atoms with E-state index in [4.69, 9.17) is 4.74 Å². The Morgan fingerprint density at radius 2 is 2.00 bits per heavy atom. The topological polar surface area (TPSA) is 9.23 Å². The lowest BCUT2D eigenvalue weighted by atomic mass is 9.45. The third-order valence-electron chi connectivity index (χ3n) is 4.22. The van der Waals surface area contributed by atoms with Crippen LogP contribution in [0.4, 0.5) is 0 Å².